The molecule has 2 N–H and O–H groups in total. The number of rotatable bonds is 3. The second kappa shape index (κ2) is 5.53. The van der Waals surface area contributed by atoms with Crippen LogP contribution in [0.4, 0.5) is 4.79 Å². The molecule has 15 heavy (non-hydrogen) atoms. The number of amides is 2. The van der Waals surface area contributed by atoms with Gasteiger partial charge >= 0.3 is 6.03 Å². The van der Waals surface area contributed by atoms with Crippen LogP contribution in [0.1, 0.15) is 6.42 Å². The summed E-state index contributed by atoms with van der Waals surface area (Å²) >= 11 is 0. The van der Waals surface area contributed by atoms with Gasteiger partial charge in [0.25, 0.3) is 0 Å². The molecule has 2 fully saturated rings. The number of carbonyl (C=O) groups excluding carboxylic acids is 1. The first-order chi connectivity index (χ1) is 6.83. The fourth-order valence-corrected chi connectivity index (χ4v) is 2.21. The molecule has 0 aromatic rings. The van der Waals surface area contributed by atoms with Gasteiger partial charge in [-0.1, -0.05) is 0 Å². The molecule has 2 heterocycles. The van der Waals surface area contributed by atoms with E-state index in [0.29, 0.717) is 19.2 Å². The third kappa shape index (κ3) is 2.53. The van der Waals surface area contributed by atoms with Crippen LogP contribution in [0, 0.1) is 0 Å². The Labute approximate surface area is 95.9 Å². The monoisotopic (exact) mass is 235 g/mol. The van der Waals surface area contributed by atoms with Crippen molar-refractivity contribution in [3.63, 3.8) is 0 Å². The van der Waals surface area contributed by atoms with Gasteiger partial charge in [-0.05, 0) is 13.0 Å². The Morgan fingerprint density at radius 1 is 1.60 bits per heavy atom. The summed E-state index contributed by atoms with van der Waals surface area (Å²) in [6, 6.07) is 0.702. The Bertz CT molecular complexity index is 227. The molecule has 2 aliphatic rings. The van der Waals surface area contributed by atoms with Crippen LogP contribution in [-0.4, -0.2) is 56.4 Å². The number of halogens is 1. The zero-order chi connectivity index (χ0) is 9.97. The van der Waals surface area contributed by atoms with Crippen LogP contribution >= 0.6 is 12.4 Å². The summed E-state index contributed by atoms with van der Waals surface area (Å²) in [5.74, 6) is 0. The van der Waals surface area contributed by atoms with E-state index in [1.54, 1.807) is 7.11 Å². The molecule has 88 valence electrons. The van der Waals surface area contributed by atoms with E-state index in [1.807, 2.05) is 4.90 Å². The molecule has 0 aromatic heterocycles. The van der Waals surface area contributed by atoms with Crippen molar-refractivity contribution in [2.75, 3.05) is 33.4 Å². The van der Waals surface area contributed by atoms with E-state index >= 15 is 0 Å². The molecule has 0 aromatic carbocycles. The van der Waals surface area contributed by atoms with E-state index in [9.17, 15) is 4.79 Å². The minimum Gasteiger partial charge on any atom is -0.383 e. The van der Waals surface area contributed by atoms with E-state index in [-0.39, 0.29) is 24.5 Å². The smallest absolute Gasteiger partial charge is 0.318 e. The lowest BCUT2D eigenvalue weighted by Crippen LogP contribution is -2.49. The summed E-state index contributed by atoms with van der Waals surface area (Å²) in [5, 5.41) is 6.26. The molecule has 2 saturated heterocycles. The Morgan fingerprint density at radius 2 is 2.40 bits per heavy atom. The van der Waals surface area contributed by atoms with Gasteiger partial charge in [0.1, 0.15) is 0 Å². The highest BCUT2D eigenvalue weighted by atomic mass is 35.5. The number of carbonyl (C=O) groups is 1. The quantitative estimate of drug-likeness (QED) is 0.713. The Balaban J connectivity index is 0.00000112. The molecule has 0 spiro atoms. The molecule has 2 atom stereocenters. The van der Waals surface area contributed by atoms with Crippen molar-refractivity contribution in [1.82, 2.24) is 15.5 Å². The van der Waals surface area contributed by atoms with Gasteiger partial charge in [-0.25, -0.2) is 4.79 Å². The van der Waals surface area contributed by atoms with Gasteiger partial charge in [0, 0.05) is 20.2 Å². The number of nitrogens with one attached hydrogen (secondary N) is 2. The Hall–Kier alpha value is -0.520. The van der Waals surface area contributed by atoms with Crippen molar-refractivity contribution >= 4 is 18.4 Å². The van der Waals surface area contributed by atoms with Gasteiger partial charge in [0.2, 0.25) is 0 Å². The number of hydrogen-bond acceptors (Lipinski definition) is 3. The molecule has 2 rings (SSSR count). The van der Waals surface area contributed by atoms with Crippen molar-refractivity contribution in [2.24, 2.45) is 0 Å². The molecule has 5 nitrogen and oxygen atoms in total. The lowest BCUT2D eigenvalue weighted by Gasteiger charge is -2.30. The number of urea groups is 1. The van der Waals surface area contributed by atoms with Gasteiger partial charge in [-0.2, -0.15) is 0 Å². The Kier molecular flexibility index (Phi) is 4.63. The van der Waals surface area contributed by atoms with Crippen LogP contribution < -0.4 is 10.6 Å². The summed E-state index contributed by atoms with van der Waals surface area (Å²) in [6.45, 7) is 3.20. The highest BCUT2D eigenvalue weighted by Gasteiger charge is 2.39. The zero-order valence-electron chi connectivity index (χ0n) is 8.86. The van der Waals surface area contributed by atoms with Crippen molar-refractivity contribution in [3.05, 3.63) is 0 Å². The molecule has 0 aliphatic carbocycles. The van der Waals surface area contributed by atoms with Gasteiger partial charge in [-0.3, -0.25) is 0 Å². The van der Waals surface area contributed by atoms with Crippen LogP contribution in [0.15, 0.2) is 0 Å². The number of ether oxygens (including phenoxy) is 1. The van der Waals surface area contributed by atoms with E-state index < -0.39 is 0 Å². The standard InChI is InChI=1S/C9H17N3O2.ClH/c1-14-5-4-12-8-2-3-10-6-7(8)11-9(12)13;/h7-8,10H,2-6H2,1H3,(H,11,13);1H. The van der Waals surface area contributed by atoms with Crippen molar-refractivity contribution in [2.45, 2.75) is 18.5 Å². The number of methoxy groups -OCH3 is 1. The lowest BCUT2D eigenvalue weighted by molar-refractivity contribution is 0.138. The average Bonchev–Trinajstić information content (AvgIpc) is 2.51. The molecule has 6 heteroatoms. The zero-order valence-corrected chi connectivity index (χ0v) is 9.68. The van der Waals surface area contributed by atoms with Crippen LogP contribution in [0.3, 0.4) is 0 Å². The first-order valence-corrected chi connectivity index (χ1v) is 5.09. The number of nitrogens with zero attached hydrogens (tertiary/aromatic N) is 1. The molecule has 2 aliphatic heterocycles. The van der Waals surface area contributed by atoms with E-state index in [2.05, 4.69) is 10.6 Å². The van der Waals surface area contributed by atoms with E-state index in [0.717, 1.165) is 19.5 Å². The van der Waals surface area contributed by atoms with Gasteiger partial charge < -0.3 is 20.3 Å². The van der Waals surface area contributed by atoms with Gasteiger partial charge in [0.05, 0.1) is 18.7 Å². The van der Waals surface area contributed by atoms with Crippen molar-refractivity contribution < 1.29 is 9.53 Å². The fraction of sp³-hybridized carbons (Fsp3) is 0.889. The van der Waals surface area contributed by atoms with Gasteiger partial charge in [0.15, 0.2) is 0 Å². The van der Waals surface area contributed by atoms with Crippen LogP contribution in [0.5, 0.6) is 0 Å². The molecular weight excluding hydrogens is 218 g/mol. The SMILES string of the molecule is COCCN1C(=O)NC2CNCCC21.Cl. The first-order valence-electron chi connectivity index (χ1n) is 5.09. The highest BCUT2D eigenvalue weighted by Crippen LogP contribution is 2.18. The maximum Gasteiger partial charge on any atom is 0.318 e. The molecule has 0 saturated carbocycles. The molecule has 0 radical (unpaired) electrons. The summed E-state index contributed by atoms with van der Waals surface area (Å²) in [7, 11) is 1.66. The summed E-state index contributed by atoms with van der Waals surface area (Å²) in [5.41, 5.74) is 0. The minimum absolute atomic E-state index is 0. The second-order valence-electron chi connectivity index (χ2n) is 3.80. The average molecular weight is 236 g/mol. The Morgan fingerprint density at radius 3 is 3.13 bits per heavy atom. The molecule has 2 unspecified atom stereocenters. The van der Waals surface area contributed by atoms with Crippen molar-refractivity contribution in [3.8, 4) is 0 Å². The topological polar surface area (TPSA) is 53.6 Å². The number of fused-ring (bicyclic) bond motifs is 1. The minimum atomic E-state index is 0. The second-order valence-corrected chi connectivity index (χ2v) is 3.80. The fourth-order valence-electron chi connectivity index (χ4n) is 2.21. The summed E-state index contributed by atoms with van der Waals surface area (Å²) in [6.07, 6.45) is 1.03. The maximum atomic E-state index is 11.6. The van der Waals surface area contributed by atoms with E-state index in [1.165, 1.54) is 0 Å². The third-order valence-corrected chi connectivity index (χ3v) is 2.95. The first kappa shape index (κ1) is 12.5. The normalized spacial score (nSPS) is 29.4. The van der Waals surface area contributed by atoms with E-state index in [4.69, 9.17) is 4.74 Å². The lowest BCUT2D eigenvalue weighted by atomic mass is 10.0. The predicted molar refractivity (Wildman–Crippen MR) is 59.4 cm³/mol. The third-order valence-electron chi connectivity index (χ3n) is 2.95. The largest absolute Gasteiger partial charge is 0.383 e. The number of hydrogen-bond donors (Lipinski definition) is 2. The predicted octanol–water partition coefficient (Wildman–Crippen LogP) is -0.190. The van der Waals surface area contributed by atoms with Crippen LogP contribution in [-0.2, 0) is 4.74 Å². The molecular formula is C9H18ClN3O2. The van der Waals surface area contributed by atoms with Crippen LogP contribution in [0.25, 0.3) is 0 Å². The maximum absolute atomic E-state index is 11.6. The summed E-state index contributed by atoms with van der Waals surface area (Å²) in [4.78, 5) is 13.5. The van der Waals surface area contributed by atoms with Crippen LogP contribution in [0.2, 0.25) is 0 Å². The van der Waals surface area contributed by atoms with Gasteiger partial charge in [-0.15, -0.1) is 12.4 Å². The molecule has 0 bridgehead atoms. The number of piperidine rings is 1. The molecule has 2 amide bonds. The highest BCUT2D eigenvalue weighted by molar-refractivity contribution is 5.85. The van der Waals surface area contributed by atoms with Crippen molar-refractivity contribution in [1.29, 1.82) is 0 Å². The summed E-state index contributed by atoms with van der Waals surface area (Å²) < 4.78 is 4.99.